The molecular formula is C15H25NO2. The molecule has 0 bridgehead atoms. The molecule has 0 spiro atoms. The summed E-state index contributed by atoms with van der Waals surface area (Å²) in [7, 11) is 0. The van der Waals surface area contributed by atoms with Crippen LogP contribution in [-0.2, 0) is 9.53 Å². The minimum Gasteiger partial charge on any atom is -0.446 e. The van der Waals surface area contributed by atoms with Crippen LogP contribution in [0, 0.1) is 11.8 Å². The molecular weight excluding hydrogens is 226 g/mol. The van der Waals surface area contributed by atoms with Gasteiger partial charge in [0.15, 0.2) is 5.60 Å². The Morgan fingerprint density at radius 2 is 1.83 bits per heavy atom. The average molecular weight is 251 g/mol. The number of carbonyl (C=O) groups is 1. The Morgan fingerprint density at radius 3 is 2.33 bits per heavy atom. The van der Waals surface area contributed by atoms with Crippen molar-refractivity contribution in [1.82, 2.24) is 4.90 Å². The fourth-order valence-electron chi connectivity index (χ4n) is 2.41. The third-order valence-corrected chi connectivity index (χ3v) is 3.51. The highest BCUT2D eigenvalue weighted by Gasteiger charge is 2.33. The van der Waals surface area contributed by atoms with E-state index in [1.807, 2.05) is 0 Å². The first kappa shape index (κ1) is 15.0. The van der Waals surface area contributed by atoms with Crippen LogP contribution in [0.25, 0.3) is 0 Å². The monoisotopic (exact) mass is 251 g/mol. The Hall–Kier alpha value is -1.01. The molecule has 1 aliphatic rings. The quantitative estimate of drug-likeness (QED) is 0.568. The summed E-state index contributed by atoms with van der Waals surface area (Å²) in [5.74, 6) is 6.22. The van der Waals surface area contributed by atoms with Crippen molar-refractivity contribution in [3.05, 3.63) is 0 Å². The molecule has 0 amide bonds. The van der Waals surface area contributed by atoms with E-state index in [0.29, 0.717) is 0 Å². The Bertz CT molecular complexity index is 317. The number of nitrogens with zero attached hydrogens (tertiary/aromatic N) is 1. The van der Waals surface area contributed by atoms with Crippen LogP contribution in [0.1, 0.15) is 52.9 Å². The topological polar surface area (TPSA) is 29.5 Å². The molecule has 1 rings (SSSR count). The van der Waals surface area contributed by atoms with Crippen LogP contribution in [0.3, 0.4) is 0 Å². The Kier molecular flexibility index (Phi) is 6.21. The van der Waals surface area contributed by atoms with E-state index in [0.717, 1.165) is 45.3 Å². The van der Waals surface area contributed by atoms with Crippen molar-refractivity contribution in [3.63, 3.8) is 0 Å². The molecule has 0 aliphatic heterocycles. The van der Waals surface area contributed by atoms with Crippen LogP contribution in [0.2, 0.25) is 0 Å². The summed E-state index contributed by atoms with van der Waals surface area (Å²) < 4.78 is 5.50. The lowest BCUT2D eigenvalue weighted by Crippen LogP contribution is -2.35. The van der Waals surface area contributed by atoms with Gasteiger partial charge in [0.05, 0.1) is 6.54 Å². The van der Waals surface area contributed by atoms with Crippen molar-refractivity contribution in [2.24, 2.45) is 0 Å². The van der Waals surface area contributed by atoms with Crippen LogP contribution < -0.4 is 0 Å². The van der Waals surface area contributed by atoms with E-state index >= 15 is 0 Å². The van der Waals surface area contributed by atoms with E-state index in [-0.39, 0.29) is 5.97 Å². The molecule has 1 fully saturated rings. The summed E-state index contributed by atoms with van der Waals surface area (Å²) in [5, 5.41) is 0. The minimum absolute atomic E-state index is 0.214. The molecule has 0 radical (unpaired) electrons. The van der Waals surface area contributed by atoms with Gasteiger partial charge in [0.2, 0.25) is 0 Å². The van der Waals surface area contributed by atoms with Crippen molar-refractivity contribution in [2.45, 2.75) is 58.5 Å². The van der Waals surface area contributed by atoms with Gasteiger partial charge in [0, 0.05) is 6.92 Å². The maximum Gasteiger partial charge on any atom is 0.304 e. The molecule has 0 aromatic carbocycles. The van der Waals surface area contributed by atoms with E-state index in [4.69, 9.17) is 4.74 Å². The van der Waals surface area contributed by atoms with Gasteiger partial charge >= 0.3 is 5.97 Å². The summed E-state index contributed by atoms with van der Waals surface area (Å²) >= 11 is 0. The van der Waals surface area contributed by atoms with Crippen LogP contribution in [-0.4, -0.2) is 36.1 Å². The molecule has 0 aromatic heterocycles. The Labute approximate surface area is 111 Å². The molecule has 3 heteroatoms. The molecule has 1 aliphatic carbocycles. The predicted molar refractivity (Wildman–Crippen MR) is 73.1 cm³/mol. The van der Waals surface area contributed by atoms with Crippen molar-refractivity contribution < 1.29 is 9.53 Å². The van der Waals surface area contributed by atoms with E-state index in [1.54, 1.807) is 0 Å². The fraction of sp³-hybridized carbons (Fsp3) is 0.800. The van der Waals surface area contributed by atoms with Crippen LogP contribution >= 0.6 is 0 Å². The van der Waals surface area contributed by atoms with Gasteiger partial charge in [-0.15, -0.1) is 0 Å². The first-order valence-corrected chi connectivity index (χ1v) is 7.04. The summed E-state index contributed by atoms with van der Waals surface area (Å²) in [5.41, 5.74) is -0.503. The number of esters is 1. The smallest absolute Gasteiger partial charge is 0.304 e. The molecule has 0 saturated heterocycles. The lowest BCUT2D eigenvalue weighted by atomic mass is 9.85. The first-order valence-electron chi connectivity index (χ1n) is 7.04. The van der Waals surface area contributed by atoms with E-state index in [1.165, 1.54) is 13.3 Å². The molecule has 0 atom stereocenters. The third kappa shape index (κ3) is 4.70. The van der Waals surface area contributed by atoms with Gasteiger partial charge in [-0.3, -0.25) is 9.69 Å². The second kappa shape index (κ2) is 7.43. The largest absolute Gasteiger partial charge is 0.446 e. The predicted octanol–water partition coefficient (Wildman–Crippen LogP) is 2.60. The fourth-order valence-corrected chi connectivity index (χ4v) is 2.41. The van der Waals surface area contributed by atoms with E-state index < -0.39 is 5.60 Å². The molecule has 0 N–H and O–H groups in total. The summed E-state index contributed by atoms with van der Waals surface area (Å²) in [4.78, 5) is 13.5. The zero-order valence-electron chi connectivity index (χ0n) is 11.9. The molecule has 0 aromatic rings. The highest BCUT2D eigenvalue weighted by atomic mass is 16.6. The Balaban J connectivity index is 2.66. The highest BCUT2D eigenvalue weighted by molar-refractivity contribution is 5.67. The lowest BCUT2D eigenvalue weighted by molar-refractivity contribution is -0.153. The maximum atomic E-state index is 11.2. The zero-order valence-corrected chi connectivity index (χ0v) is 11.9. The maximum absolute atomic E-state index is 11.2. The molecule has 3 nitrogen and oxygen atoms in total. The second-order valence-electron chi connectivity index (χ2n) is 4.91. The number of hydrogen-bond acceptors (Lipinski definition) is 3. The molecule has 0 unspecified atom stereocenters. The third-order valence-electron chi connectivity index (χ3n) is 3.51. The number of rotatable bonds is 4. The average Bonchev–Trinajstić information content (AvgIpc) is 2.35. The normalized spacial score (nSPS) is 18.0. The zero-order chi connectivity index (χ0) is 13.4. The first-order chi connectivity index (χ1) is 8.62. The molecule has 0 heterocycles. The Morgan fingerprint density at radius 1 is 1.22 bits per heavy atom. The summed E-state index contributed by atoms with van der Waals surface area (Å²) in [6.07, 6.45) is 5.21. The van der Waals surface area contributed by atoms with Gasteiger partial charge < -0.3 is 4.74 Å². The molecule has 102 valence electrons. The van der Waals surface area contributed by atoms with Crippen molar-refractivity contribution >= 4 is 5.97 Å². The van der Waals surface area contributed by atoms with Gasteiger partial charge in [-0.05, 0) is 38.8 Å². The summed E-state index contributed by atoms with van der Waals surface area (Å²) in [6, 6.07) is 0. The summed E-state index contributed by atoms with van der Waals surface area (Å²) in [6.45, 7) is 8.51. The van der Waals surface area contributed by atoms with Gasteiger partial charge in [-0.2, -0.15) is 0 Å². The van der Waals surface area contributed by atoms with Gasteiger partial charge in [-0.25, -0.2) is 0 Å². The van der Waals surface area contributed by atoms with Crippen LogP contribution in [0.15, 0.2) is 0 Å². The van der Waals surface area contributed by atoms with Crippen molar-refractivity contribution in [2.75, 3.05) is 19.6 Å². The SMILES string of the molecule is CCN(CC)CC#CC1(OC(C)=O)CCCCC1. The second-order valence-corrected chi connectivity index (χ2v) is 4.91. The van der Waals surface area contributed by atoms with Gasteiger partial charge in [-0.1, -0.05) is 32.1 Å². The van der Waals surface area contributed by atoms with E-state index in [2.05, 4.69) is 30.6 Å². The van der Waals surface area contributed by atoms with Crippen molar-refractivity contribution in [3.8, 4) is 11.8 Å². The number of ether oxygens (including phenoxy) is 1. The molecule has 18 heavy (non-hydrogen) atoms. The van der Waals surface area contributed by atoms with E-state index in [9.17, 15) is 4.79 Å². The van der Waals surface area contributed by atoms with Crippen LogP contribution in [0.4, 0.5) is 0 Å². The lowest BCUT2D eigenvalue weighted by Gasteiger charge is -2.31. The van der Waals surface area contributed by atoms with Gasteiger partial charge in [0.1, 0.15) is 0 Å². The number of hydrogen-bond donors (Lipinski definition) is 0. The standard InChI is InChI=1S/C15H25NO2/c1-4-16(5-2)13-9-12-15(18-14(3)17)10-7-6-8-11-15/h4-8,10-11,13H2,1-3H3. The van der Waals surface area contributed by atoms with Crippen molar-refractivity contribution in [1.29, 1.82) is 0 Å². The minimum atomic E-state index is -0.503. The highest BCUT2D eigenvalue weighted by Crippen LogP contribution is 2.31. The van der Waals surface area contributed by atoms with Gasteiger partial charge in [0.25, 0.3) is 0 Å². The number of carbonyl (C=O) groups excluding carboxylic acids is 1. The van der Waals surface area contributed by atoms with Crippen LogP contribution in [0.5, 0.6) is 0 Å². The molecule has 1 saturated carbocycles.